The van der Waals surface area contributed by atoms with Gasteiger partial charge in [0.2, 0.25) is 17.6 Å². The van der Waals surface area contributed by atoms with Crippen molar-refractivity contribution in [3.8, 4) is 0 Å². The zero-order chi connectivity index (χ0) is 21.4. The van der Waals surface area contributed by atoms with Crippen molar-refractivity contribution in [2.45, 2.75) is 25.2 Å². The summed E-state index contributed by atoms with van der Waals surface area (Å²) in [5, 5.41) is 12.6. The van der Waals surface area contributed by atoms with E-state index in [4.69, 9.17) is 5.11 Å². The van der Waals surface area contributed by atoms with E-state index in [1.54, 1.807) is 61.5 Å². The fraction of sp³-hybridized carbons (Fsp3) is 0.190. The SMILES string of the molecule is CCC1(c2ccccc2)C(=O)NC(=O)NC1=O.O=C(O)C(=O)Cc1ccccc1. The van der Waals surface area contributed by atoms with Crippen LogP contribution in [0.25, 0.3) is 0 Å². The van der Waals surface area contributed by atoms with Crippen LogP contribution in [-0.2, 0) is 31.0 Å². The Morgan fingerprint density at radius 3 is 1.79 bits per heavy atom. The Balaban J connectivity index is 0.000000221. The molecule has 1 saturated heterocycles. The number of Topliss-reactive ketones (excluding diaryl/α,β-unsaturated/α-hetero) is 1. The molecule has 1 aliphatic rings. The summed E-state index contributed by atoms with van der Waals surface area (Å²) < 4.78 is 0. The number of ketones is 1. The van der Waals surface area contributed by atoms with Gasteiger partial charge in [-0.05, 0) is 17.5 Å². The molecule has 3 N–H and O–H groups in total. The number of urea groups is 1. The molecule has 8 heteroatoms. The maximum absolute atomic E-state index is 12.0. The first-order valence-electron chi connectivity index (χ1n) is 8.83. The molecule has 1 aliphatic heterocycles. The smallest absolute Gasteiger partial charge is 0.372 e. The van der Waals surface area contributed by atoms with Gasteiger partial charge in [-0.2, -0.15) is 0 Å². The third-order valence-electron chi connectivity index (χ3n) is 4.47. The van der Waals surface area contributed by atoms with Crippen LogP contribution in [0.3, 0.4) is 0 Å². The largest absolute Gasteiger partial charge is 0.475 e. The molecule has 0 saturated carbocycles. The van der Waals surface area contributed by atoms with Crippen molar-refractivity contribution >= 4 is 29.6 Å². The van der Waals surface area contributed by atoms with E-state index in [9.17, 15) is 24.0 Å². The van der Waals surface area contributed by atoms with E-state index in [2.05, 4.69) is 10.6 Å². The lowest BCUT2D eigenvalue weighted by molar-refractivity contribution is -0.148. The number of carbonyl (C=O) groups excluding carboxylic acids is 4. The molecule has 3 rings (SSSR count). The van der Waals surface area contributed by atoms with Crippen LogP contribution in [0.2, 0.25) is 0 Å². The Kier molecular flexibility index (Phi) is 6.97. The molecule has 150 valence electrons. The van der Waals surface area contributed by atoms with E-state index >= 15 is 0 Å². The minimum absolute atomic E-state index is 0.0316. The molecule has 0 radical (unpaired) electrons. The van der Waals surface area contributed by atoms with Gasteiger partial charge in [-0.25, -0.2) is 9.59 Å². The second kappa shape index (κ2) is 9.41. The molecule has 0 aromatic heterocycles. The Hall–Kier alpha value is -3.81. The number of nitrogens with one attached hydrogen (secondary N) is 2. The number of benzene rings is 2. The highest BCUT2D eigenvalue weighted by atomic mass is 16.4. The predicted octanol–water partition coefficient (Wildman–Crippen LogP) is 1.58. The van der Waals surface area contributed by atoms with Gasteiger partial charge in [0.25, 0.3) is 0 Å². The lowest BCUT2D eigenvalue weighted by Crippen LogP contribution is -2.64. The summed E-state index contributed by atoms with van der Waals surface area (Å²) in [6.07, 6.45) is 0.262. The van der Waals surface area contributed by atoms with Crippen LogP contribution in [0, 0.1) is 0 Å². The van der Waals surface area contributed by atoms with Gasteiger partial charge >= 0.3 is 12.0 Å². The van der Waals surface area contributed by atoms with Crippen molar-refractivity contribution in [1.29, 1.82) is 0 Å². The number of aliphatic carboxylic acids is 1. The van der Waals surface area contributed by atoms with Crippen LogP contribution >= 0.6 is 0 Å². The molecule has 0 aliphatic carbocycles. The molecule has 8 nitrogen and oxygen atoms in total. The van der Waals surface area contributed by atoms with E-state index in [1.807, 2.05) is 6.07 Å². The molecule has 0 spiro atoms. The highest BCUT2D eigenvalue weighted by Gasteiger charge is 2.50. The van der Waals surface area contributed by atoms with Crippen molar-refractivity contribution in [3.63, 3.8) is 0 Å². The van der Waals surface area contributed by atoms with Crippen LogP contribution in [0.1, 0.15) is 24.5 Å². The van der Waals surface area contributed by atoms with E-state index < -0.39 is 35.0 Å². The fourth-order valence-electron chi connectivity index (χ4n) is 2.92. The Morgan fingerprint density at radius 2 is 1.34 bits per heavy atom. The molecule has 1 heterocycles. The summed E-state index contributed by atoms with van der Waals surface area (Å²) in [6.45, 7) is 1.74. The van der Waals surface area contributed by atoms with Crippen molar-refractivity contribution < 1.29 is 29.1 Å². The van der Waals surface area contributed by atoms with Crippen molar-refractivity contribution in [3.05, 3.63) is 71.8 Å². The summed E-state index contributed by atoms with van der Waals surface area (Å²) in [6, 6.07) is 16.8. The molecule has 0 unspecified atom stereocenters. The number of carbonyl (C=O) groups is 5. The second-order valence-electron chi connectivity index (χ2n) is 6.25. The second-order valence-corrected chi connectivity index (χ2v) is 6.25. The standard InChI is InChI=1S/C12H12N2O3.C9H8O3/c1-2-12(8-6-4-3-5-7-8)9(15)13-11(17)14-10(12)16;10-8(9(11)12)6-7-4-2-1-3-5-7/h3-7H,2H2,1H3,(H2,13,14,15,16,17);1-5H,6H2,(H,11,12). The third-order valence-corrected chi connectivity index (χ3v) is 4.47. The zero-order valence-corrected chi connectivity index (χ0v) is 15.7. The minimum atomic E-state index is -1.38. The first kappa shape index (κ1) is 21.5. The molecule has 29 heavy (non-hydrogen) atoms. The van der Waals surface area contributed by atoms with Gasteiger partial charge in [0.05, 0.1) is 0 Å². The van der Waals surface area contributed by atoms with Crippen LogP contribution in [-0.4, -0.2) is 34.7 Å². The number of hydrogen-bond acceptors (Lipinski definition) is 5. The number of barbiturate groups is 1. The lowest BCUT2D eigenvalue weighted by atomic mass is 9.75. The quantitative estimate of drug-likeness (QED) is 0.520. The number of carboxylic acid groups (broad SMARTS) is 1. The maximum atomic E-state index is 12.0. The normalized spacial score (nSPS) is 14.7. The minimum Gasteiger partial charge on any atom is -0.475 e. The van der Waals surface area contributed by atoms with Crippen molar-refractivity contribution in [1.82, 2.24) is 10.6 Å². The molecule has 0 bridgehead atoms. The van der Waals surface area contributed by atoms with Crippen molar-refractivity contribution in [2.24, 2.45) is 0 Å². The molecule has 2 aromatic carbocycles. The van der Waals surface area contributed by atoms with Gasteiger partial charge in [-0.15, -0.1) is 0 Å². The van der Waals surface area contributed by atoms with Crippen LogP contribution in [0.15, 0.2) is 60.7 Å². The Bertz CT molecular complexity index is 905. The summed E-state index contributed by atoms with van der Waals surface area (Å²) in [4.78, 5) is 55.9. The Labute approximate surface area is 166 Å². The van der Waals surface area contributed by atoms with E-state index in [0.717, 1.165) is 5.56 Å². The van der Waals surface area contributed by atoms with Crippen LogP contribution in [0.4, 0.5) is 4.79 Å². The fourth-order valence-corrected chi connectivity index (χ4v) is 2.92. The number of hydrogen-bond donors (Lipinski definition) is 3. The molecule has 0 atom stereocenters. The molecule has 2 aromatic rings. The number of rotatable bonds is 5. The first-order chi connectivity index (χ1) is 13.8. The Morgan fingerprint density at radius 1 is 0.862 bits per heavy atom. The van der Waals surface area contributed by atoms with Gasteiger partial charge in [0, 0.05) is 6.42 Å². The maximum Gasteiger partial charge on any atom is 0.372 e. The summed E-state index contributed by atoms with van der Waals surface area (Å²) in [7, 11) is 0. The lowest BCUT2D eigenvalue weighted by Gasteiger charge is -2.33. The molecular weight excluding hydrogens is 376 g/mol. The van der Waals surface area contributed by atoms with Crippen LogP contribution < -0.4 is 10.6 Å². The predicted molar refractivity (Wildman–Crippen MR) is 103 cm³/mol. The average Bonchev–Trinajstić information content (AvgIpc) is 2.70. The van der Waals surface area contributed by atoms with E-state index in [-0.39, 0.29) is 6.42 Å². The van der Waals surface area contributed by atoms with Gasteiger partial charge in [-0.1, -0.05) is 67.6 Å². The van der Waals surface area contributed by atoms with Gasteiger partial charge in [0.15, 0.2) is 5.41 Å². The van der Waals surface area contributed by atoms with Crippen molar-refractivity contribution in [2.75, 3.05) is 0 Å². The number of amides is 4. The first-order valence-corrected chi connectivity index (χ1v) is 8.83. The average molecular weight is 396 g/mol. The molecule has 1 fully saturated rings. The summed E-state index contributed by atoms with van der Waals surface area (Å²) >= 11 is 0. The van der Waals surface area contributed by atoms with E-state index in [0.29, 0.717) is 12.0 Å². The van der Waals surface area contributed by atoms with Gasteiger partial charge in [-0.3, -0.25) is 25.0 Å². The highest BCUT2D eigenvalue weighted by molar-refractivity contribution is 6.33. The highest BCUT2D eigenvalue weighted by Crippen LogP contribution is 2.30. The number of carboxylic acids is 1. The van der Waals surface area contributed by atoms with Gasteiger partial charge < -0.3 is 5.11 Å². The third kappa shape index (κ3) is 4.92. The summed E-state index contributed by atoms with van der Waals surface area (Å²) in [5.41, 5.74) is 0.00438. The monoisotopic (exact) mass is 396 g/mol. The molecule has 4 amide bonds. The number of imide groups is 2. The topological polar surface area (TPSA) is 130 Å². The molecular formula is C21H20N2O6. The van der Waals surface area contributed by atoms with Crippen LogP contribution in [0.5, 0.6) is 0 Å². The summed E-state index contributed by atoms with van der Waals surface area (Å²) in [5.74, 6) is -3.29. The zero-order valence-electron chi connectivity index (χ0n) is 15.7. The van der Waals surface area contributed by atoms with Gasteiger partial charge in [0.1, 0.15) is 0 Å². The van der Waals surface area contributed by atoms with E-state index in [1.165, 1.54) is 0 Å².